The van der Waals surface area contributed by atoms with Crippen molar-refractivity contribution in [3.8, 4) is 0 Å². The number of carbonyl (C=O) groups is 1. The van der Waals surface area contributed by atoms with E-state index < -0.39 is 24.2 Å². The van der Waals surface area contributed by atoms with Crippen LogP contribution in [0.5, 0.6) is 0 Å². The number of nitrogens with one attached hydrogen (secondary N) is 2. The molecule has 0 saturated heterocycles. The van der Waals surface area contributed by atoms with Gasteiger partial charge in [0.2, 0.25) is 0 Å². The number of thiophene rings is 1. The molecule has 1 aliphatic rings. The molecule has 160 valence electrons. The van der Waals surface area contributed by atoms with Gasteiger partial charge in [0.15, 0.2) is 11.7 Å². The van der Waals surface area contributed by atoms with Gasteiger partial charge in [0, 0.05) is 36.7 Å². The molecule has 4 rings (SSSR count). The van der Waals surface area contributed by atoms with Crippen molar-refractivity contribution in [3.05, 3.63) is 50.6 Å². The second-order valence-corrected chi connectivity index (χ2v) is 8.41. The molecule has 1 aliphatic heterocycles. The SMILES string of the molecule is Cc1nn(C)cc1CNC(=O)c1nn2c(c1Cl)N[C@@H](c1cccs1)C[C@@H]2C(F)(F)F. The Labute approximate surface area is 178 Å². The topological polar surface area (TPSA) is 76.8 Å². The monoisotopic (exact) mass is 458 g/mol. The van der Waals surface area contributed by atoms with E-state index in [0.717, 1.165) is 20.8 Å². The van der Waals surface area contributed by atoms with Crippen molar-refractivity contribution in [3.63, 3.8) is 0 Å². The number of alkyl halides is 3. The fourth-order valence-electron chi connectivity index (χ4n) is 3.49. The van der Waals surface area contributed by atoms with Crippen LogP contribution in [0.1, 0.15) is 45.1 Å². The normalized spacial score (nSPS) is 18.7. The molecule has 12 heteroatoms. The van der Waals surface area contributed by atoms with Gasteiger partial charge in [0.25, 0.3) is 5.91 Å². The zero-order chi connectivity index (χ0) is 21.6. The maximum absolute atomic E-state index is 13.8. The molecule has 4 heterocycles. The van der Waals surface area contributed by atoms with Gasteiger partial charge >= 0.3 is 6.18 Å². The van der Waals surface area contributed by atoms with Crippen LogP contribution in [0.25, 0.3) is 0 Å². The number of nitrogens with zero attached hydrogens (tertiary/aromatic N) is 4. The van der Waals surface area contributed by atoms with E-state index in [-0.39, 0.29) is 29.5 Å². The van der Waals surface area contributed by atoms with Crippen LogP contribution in [0.3, 0.4) is 0 Å². The summed E-state index contributed by atoms with van der Waals surface area (Å²) in [6, 6.07) is 1.07. The zero-order valence-corrected chi connectivity index (χ0v) is 17.6. The van der Waals surface area contributed by atoms with Crippen molar-refractivity contribution in [2.24, 2.45) is 7.05 Å². The van der Waals surface area contributed by atoms with Crippen LogP contribution in [0.4, 0.5) is 19.0 Å². The first-order chi connectivity index (χ1) is 14.1. The number of aryl methyl sites for hydroxylation is 2. The highest BCUT2D eigenvalue weighted by Gasteiger charge is 2.48. The molecule has 0 unspecified atom stereocenters. The summed E-state index contributed by atoms with van der Waals surface area (Å²) in [6.45, 7) is 1.96. The van der Waals surface area contributed by atoms with Gasteiger partial charge in [0.05, 0.1) is 11.7 Å². The summed E-state index contributed by atoms with van der Waals surface area (Å²) in [5.74, 6) is -0.660. The highest BCUT2D eigenvalue weighted by atomic mass is 35.5. The molecule has 0 bridgehead atoms. The van der Waals surface area contributed by atoms with E-state index in [0.29, 0.717) is 0 Å². The summed E-state index contributed by atoms with van der Waals surface area (Å²) >= 11 is 7.66. The maximum Gasteiger partial charge on any atom is 0.410 e. The quantitative estimate of drug-likeness (QED) is 0.613. The number of halogens is 4. The average molecular weight is 459 g/mol. The Morgan fingerprint density at radius 3 is 2.80 bits per heavy atom. The molecule has 3 aromatic rings. The molecule has 0 radical (unpaired) electrons. The van der Waals surface area contributed by atoms with Crippen molar-refractivity contribution in [2.75, 3.05) is 5.32 Å². The first-order valence-electron chi connectivity index (χ1n) is 9.07. The van der Waals surface area contributed by atoms with Gasteiger partial charge in [-0.25, -0.2) is 4.68 Å². The van der Waals surface area contributed by atoms with Crippen molar-refractivity contribution in [1.82, 2.24) is 24.9 Å². The molecule has 0 saturated carbocycles. The molecular weight excluding hydrogens is 441 g/mol. The van der Waals surface area contributed by atoms with Gasteiger partial charge in [-0.2, -0.15) is 23.4 Å². The average Bonchev–Trinajstić information content (AvgIpc) is 3.38. The second kappa shape index (κ2) is 7.62. The van der Waals surface area contributed by atoms with Crippen molar-refractivity contribution in [2.45, 2.75) is 38.1 Å². The van der Waals surface area contributed by atoms with Crippen LogP contribution in [0, 0.1) is 6.92 Å². The Morgan fingerprint density at radius 1 is 1.43 bits per heavy atom. The molecule has 0 aliphatic carbocycles. The first kappa shape index (κ1) is 20.7. The number of carbonyl (C=O) groups excluding carboxylic acids is 1. The van der Waals surface area contributed by atoms with Crippen LogP contribution < -0.4 is 10.6 Å². The van der Waals surface area contributed by atoms with Crippen molar-refractivity contribution >= 4 is 34.7 Å². The Kier molecular flexibility index (Phi) is 5.27. The number of aromatic nitrogens is 4. The van der Waals surface area contributed by atoms with E-state index in [1.165, 1.54) is 11.3 Å². The van der Waals surface area contributed by atoms with Gasteiger partial charge in [-0.05, 0) is 18.4 Å². The summed E-state index contributed by atoms with van der Waals surface area (Å²) in [5, 5.41) is 15.4. The zero-order valence-electron chi connectivity index (χ0n) is 16.0. The molecule has 7 nitrogen and oxygen atoms in total. The van der Waals surface area contributed by atoms with E-state index >= 15 is 0 Å². The summed E-state index contributed by atoms with van der Waals surface area (Å²) in [4.78, 5) is 13.4. The van der Waals surface area contributed by atoms with Gasteiger partial charge in [-0.3, -0.25) is 9.48 Å². The third-order valence-corrected chi connectivity index (χ3v) is 6.30. The predicted octanol–water partition coefficient (Wildman–Crippen LogP) is 4.23. The molecule has 0 spiro atoms. The lowest BCUT2D eigenvalue weighted by molar-refractivity contribution is -0.173. The van der Waals surface area contributed by atoms with Gasteiger partial charge in [-0.1, -0.05) is 17.7 Å². The minimum atomic E-state index is -4.54. The van der Waals surface area contributed by atoms with Gasteiger partial charge in [-0.15, -0.1) is 11.3 Å². The Hall–Kier alpha value is -2.53. The standard InChI is InChI=1S/C18H18ClF3N6OS/c1-9-10(8-27(2)25-9)7-23-17(29)15-14(19)16-24-11(12-4-3-5-30-12)6-13(18(20,21)22)28(16)26-15/h3-5,8,11,13,24H,6-7H2,1-2H3,(H,23,29)/t11-,13-/m1/s1. The highest BCUT2D eigenvalue weighted by molar-refractivity contribution is 7.10. The Balaban J connectivity index is 1.62. The summed E-state index contributed by atoms with van der Waals surface area (Å²) in [6.07, 6.45) is -3.03. The molecule has 1 amide bonds. The van der Waals surface area contributed by atoms with Crippen LogP contribution in [0.2, 0.25) is 5.02 Å². The van der Waals surface area contributed by atoms with Crippen LogP contribution in [-0.4, -0.2) is 31.6 Å². The number of rotatable bonds is 4. The van der Waals surface area contributed by atoms with Crippen LogP contribution in [0.15, 0.2) is 23.7 Å². The highest BCUT2D eigenvalue weighted by Crippen LogP contribution is 2.46. The van der Waals surface area contributed by atoms with E-state index in [1.807, 2.05) is 0 Å². The van der Waals surface area contributed by atoms with E-state index in [1.54, 1.807) is 42.4 Å². The minimum Gasteiger partial charge on any atom is -0.361 e. The van der Waals surface area contributed by atoms with E-state index in [9.17, 15) is 18.0 Å². The van der Waals surface area contributed by atoms with Gasteiger partial charge in [0.1, 0.15) is 10.8 Å². The second-order valence-electron chi connectivity index (χ2n) is 7.06. The molecule has 2 N–H and O–H groups in total. The molecular formula is C18H18ClF3N6OS. The Morgan fingerprint density at radius 2 is 2.20 bits per heavy atom. The lowest BCUT2D eigenvalue weighted by atomic mass is 10.0. The fraction of sp³-hybridized carbons (Fsp3) is 0.389. The number of hydrogen-bond acceptors (Lipinski definition) is 5. The number of fused-ring (bicyclic) bond motifs is 1. The first-order valence-corrected chi connectivity index (χ1v) is 10.3. The van der Waals surface area contributed by atoms with Crippen LogP contribution in [-0.2, 0) is 13.6 Å². The van der Waals surface area contributed by atoms with Crippen molar-refractivity contribution in [1.29, 1.82) is 0 Å². The third-order valence-electron chi connectivity index (χ3n) is 4.95. The number of amides is 1. The Bertz CT molecular complexity index is 1070. The largest absolute Gasteiger partial charge is 0.410 e. The molecule has 2 atom stereocenters. The summed E-state index contributed by atoms with van der Waals surface area (Å²) in [5.41, 5.74) is 1.28. The molecule has 3 aromatic heterocycles. The summed E-state index contributed by atoms with van der Waals surface area (Å²) < 4.78 is 43.7. The molecule has 0 aromatic carbocycles. The fourth-order valence-corrected chi connectivity index (χ4v) is 4.55. The van der Waals surface area contributed by atoms with Gasteiger partial charge < -0.3 is 10.6 Å². The lowest BCUT2D eigenvalue weighted by Gasteiger charge is -2.32. The van der Waals surface area contributed by atoms with E-state index in [4.69, 9.17) is 11.6 Å². The predicted molar refractivity (Wildman–Crippen MR) is 107 cm³/mol. The number of anilines is 1. The maximum atomic E-state index is 13.8. The molecule has 0 fully saturated rings. The summed E-state index contributed by atoms with van der Waals surface area (Å²) in [7, 11) is 1.76. The minimum absolute atomic E-state index is 0.00801. The van der Waals surface area contributed by atoms with E-state index in [2.05, 4.69) is 20.8 Å². The third kappa shape index (κ3) is 3.79. The lowest BCUT2D eigenvalue weighted by Crippen LogP contribution is -2.35. The van der Waals surface area contributed by atoms with Crippen molar-refractivity contribution < 1.29 is 18.0 Å². The van der Waals surface area contributed by atoms with Crippen LogP contribution >= 0.6 is 22.9 Å². The smallest absolute Gasteiger partial charge is 0.361 e. The number of hydrogen-bond donors (Lipinski definition) is 2. The molecule has 30 heavy (non-hydrogen) atoms.